The first-order valence-corrected chi connectivity index (χ1v) is 8.63. The number of carbonyl (C=O) groups is 1. The molecule has 132 valence electrons. The monoisotopic (exact) mass is 340 g/mol. The van der Waals surface area contributed by atoms with Crippen molar-refractivity contribution in [2.24, 2.45) is 5.92 Å². The van der Waals surface area contributed by atoms with Crippen molar-refractivity contribution in [1.82, 2.24) is 10.3 Å². The smallest absolute Gasteiger partial charge is 0.253 e. The molecule has 0 spiro atoms. The van der Waals surface area contributed by atoms with E-state index in [0.717, 1.165) is 42.2 Å². The summed E-state index contributed by atoms with van der Waals surface area (Å²) >= 11 is 0. The summed E-state index contributed by atoms with van der Waals surface area (Å²) in [5, 5.41) is 2.94. The van der Waals surface area contributed by atoms with E-state index in [0.29, 0.717) is 24.6 Å². The molecule has 2 heterocycles. The van der Waals surface area contributed by atoms with Crippen LogP contribution in [-0.4, -0.2) is 30.7 Å². The molecule has 1 aromatic heterocycles. The van der Waals surface area contributed by atoms with E-state index < -0.39 is 0 Å². The third kappa shape index (κ3) is 4.79. The van der Waals surface area contributed by atoms with Gasteiger partial charge >= 0.3 is 0 Å². The molecule has 0 aliphatic carbocycles. The van der Waals surface area contributed by atoms with E-state index >= 15 is 0 Å². The summed E-state index contributed by atoms with van der Waals surface area (Å²) in [6, 6.07) is 9.66. The van der Waals surface area contributed by atoms with Gasteiger partial charge in [-0.05, 0) is 44.0 Å². The lowest BCUT2D eigenvalue weighted by Gasteiger charge is -2.15. The standard InChI is InChI=1S/C20H24N2O3/c1-14-3-5-17(19(9-14)25-13-16-7-8-24-12-16)10-22-20(23)18-6-4-15(2)21-11-18/h3-6,9,11,16H,7-8,10,12-13H2,1-2H3,(H,22,23)/t16-/m0/s1. The Kier molecular flexibility index (Phi) is 5.66. The summed E-state index contributed by atoms with van der Waals surface area (Å²) in [6.07, 6.45) is 2.63. The number of rotatable bonds is 6. The van der Waals surface area contributed by atoms with Gasteiger partial charge in [0.05, 0.1) is 18.8 Å². The lowest BCUT2D eigenvalue weighted by Crippen LogP contribution is -2.23. The third-order valence-corrected chi connectivity index (χ3v) is 4.33. The molecule has 0 bridgehead atoms. The minimum absolute atomic E-state index is 0.136. The second-order valence-electron chi connectivity index (χ2n) is 6.52. The number of nitrogens with one attached hydrogen (secondary N) is 1. The maximum absolute atomic E-state index is 12.3. The van der Waals surface area contributed by atoms with Crippen LogP contribution in [0.5, 0.6) is 5.75 Å². The SMILES string of the molecule is Cc1ccc(CNC(=O)c2ccc(C)nc2)c(OC[C@H]2CCOC2)c1. The van der Waals surface area contributed by atoms with Crippen molar-refractivity contribution in [2.45, 2.75) is 26.8 Å². The first kappa shape index (κ1) is 17.4. The maximum Gasteiger partial charge on any atom is 0.253 e. The average molecular weight is 340 g/mol. The molecule has 25 heavy (non-hydrogen) atoms. The number of carbonyl (C=O) groups excluding carboxylic acids is 1. The number of aromatic nitrogens is 1. The van der Waals surface area contributed by atoms with Gasteiger partial charge in [-0.3, -0.25) is 9.78 Å². The van der Waals surface area contributed by atoms with Gasteiger partial charge in [-0.1, -0.05) is 12.1 Å². The zero-order chi connectivity index (χ0) is 17.6. The Balaban J connectivity index is 1.62. The van der Waals surface area contributed by atoms with Crippen molar-refractivity contribution in [1.29, 1.82) is 0 Å². The van der Waals surface area contributed by atoms with E-state index in [9.17, 15) is 4.79 Å². The van der Waals surface area contributed by atoms with Crippen LogP contribution in [-0.2, 0) is 11.3 Å². The van der Waals surface area contributed by atoms with Crippen molar-refractivity contribution in [2.75, 3.05) is 19.8 Å². The average Bonchev–Trinajstić information content (AvgIpc) is 3.13. The van der Waals surface area contributed by atoms with Crippen molar-refractivity contribution < 1.29 is 14.3 Å². The van der Waals surface area contributed by atoms with E-state index in [1.54, 1.807) is 12.3 Å². The van der Waals surface area contributed by atoms with Crippen LogP contribution < -0.4 is 10.1 Å². The highest BCUT2D eigenvalue weighted by Gasteiger charge is 2.17. The van der Waals surface area contributed by atoms with Gasteiger partial charge < -0.3 is 14.8 Å². The summed E-state index contributed by atoms with van der Waals surface area (Å²) in [5.41, 5.74) is 3.55. The van der Waals surface area contributed by atoms with Crippen LogP contribution in [0.3, 0.4) is 0 Å². The highest BCUT2D eigenvalue weighted by Crippen LogP contribution is 2.22. The molecular formula is C20H24N2O3. The lowest BCUT2D eigenvalue weighted by molar-refractivity contribution is 0.0950. The molecule has 2 aromatic rings. The Morgan fingerprint density at radius 2 is 2.20 bits per heavy atom. The van der Waals surface area contributed by atoms with E-state index in [1.165, 1.54) is 0 Å². The van der Waals surface area contributed by atoms with Gasteiger partial charge in [0.2, 0.25) is 0 Å². The number of benzene rings is 1. The van der Waals surface area contributed by atoms with E-state index in [4.69, 9.17) is 9.47 Å². The number of amides is 1. The van der Waals surface area contributed by atoms with E-state index in [1.807, 2.05) is 38.1 Å². The molecule has 5 nitrogen and oxygen atoms in total. The predicted molar refractivity (Wildman–Crippen MR) is 95.7 cm³/mol. The topological polar surface area (TPSA) is 60.5 Å². The van der Waals surface area contributed by atoms with Crippen molar-refractivity contribution >= 4 is 5.91 Å². The van der Waals surface area contributed by atoms with Gasteiger partial charge in [0.1, 0.15) is 5.75 Å². The van der Waals surface area contributed by atoms with Gasteiger partial charge in [-0.2, -0.15) is 0 Å². The molecule has 5 heteroatoms. The molecule has 0 radical (unpaired) electrons. The Hall–Kier alpha value is -2.40. The minimum atomic E-state index is -0.136. The zero-order valence-corrected chi connectivity index (χ0v) is 14.7. The van der Waals surface area contributed by atoms with Gasteiger partial charge in [-0.25, -0.2) is 0 Å². The minimum Gasteiger partial charge on any atom is -0.493 e. The van der Waals surface area contributed by atoms with Crippen LogP contribution in [0.15, 0.2) is 36.5 Å². The maximum atomic E-state index is 12.3. The Labute approximate surface area is 148 Å². The van der Waals surface area contributed by atoms with Crippen LogP contribution in [0.1, 0.15) is 33.6 Å². The van der Waals surface area contributed by atoms with Crippen LogP contribution >= 0.6 is 0 Å². The highest BCUT2D eigenvalue weighted by atomic mass is 16.5. The first-order chi connectivity index (χ1) is 12.1. The molecular weight excluding hydrogens is 316 g/mol. The second-order valence-corrected chi connectivity index (χ2v) is 6.52. The molecule has 1 N–H and O–H groups in total. The normalized spacial score (nSPS) is 16.6. The van der Waals surface area contributed by atoms with Crippen molar-refractivity contribution in [3.8, 4) is 5.75 Å². The molecule has 1 atom stereocenters. The molecule has 3 rings (SSSR count). The van der Waals surface area contributed by atoms with Crippen LogP contribution in [0, 0.1) is 19.8 Å². The Morgan fingerprint density at radius 1 is 1.32 bits per heavy atom. The van der Waals surface area contributed by atoms with Gasteiger partial charge in [0.25, 0.3) is 5.91 Å². The largest absolute Gasteiger partial charge is 0.493 e. The van der Waals surface area contributed by atoms with Gasteiger partial charge in [0.15, 0.2) is 0 Å². The highest BCUT2D eigenvalue weighted by molar-refractivity contribution is 5.93. The van der Waals surface area contributed by atoms with Crippen LogP contribution in [0.2, 0.25) is 0 Å². The zero-order valence-electron chi connectivity index (χ0n) is 14.7. The molecule has 1 aromatic carbocycles. The fraction of sp³-hybridized carbons (Fsp3) is 0.400. The quantitative estimate of drug-likeness (QED) is 0.878. The molecule has 0 unspecified atom stereocenters. The predicted octanol–water partition coefficient (Wildman–Crippen LogP) is 3.04. The van der Waals surface area contributed by atoms with Crippen LogP contribution in [0.4, 0.5) is 0 Å². The summed E-state index contributed by atoms with van der Waals surface area (Å²) in [5.74, 6) is 1.14. The van der Waals surface area contributed by atoms with Crippen molar-refractivity contribution in [3.63, 3.8) is 0 Å². The Morgan fingerprint density at radius 3 is 2.92 bits per heavy atom. The summed E-state index contributed by atoms with van der Waals surface area (Å²) in [6.45, 7) is 6.57. The fourth-order valence-corrected chi connectivity index (χ4v) is 2.74. The van der Waals surface area contributed by atoms with E-state index in [-0.39, 0.29) is 5.91 Å². The number of nitrogens with zero attached hydrogens (tertiary/aromatic N) is 1. The number of pyridine rings is 1. The second kappa shape index (κ2) is 8.12. The lowest BCUT2D eigenvalue weighted by atomic mass is 10.1. The summed E-state index contributed by atoms with van der Waals surface area (Å²) < 4.78 is 11.4. The number of aryl methyl sites for hydroxylation is 2. The van der Waals surface area contributed by atoms with E-state index in [2.05, 4.69) is 10.3 Å². The Bertz CT molecular complexity index is 722. The number of ether oxygens (including phenoxy) is 2. The fourth-order valence-electron chi connectivity index (χ4n) is 2.74. The molecule has 1 aliphatic rings. The van der Waals surface area contributed by atoms with Gasteiger partial charge in [-0.15, -0.1) is 0 Å². The summed E-state index contributed by atoms with van der Waals surface area (Å²) in [7, 11) is 0. The number of hydrogen-bond donors (Lipinski definition) is 1. The molecule has 1 aliphatic heterocycles. The summed E-state index contributed by atoms with van der Waals surface area (Å²) in [4.78, 5) is 16.4. The number of hydrogen-bond acceptors (Lipinski definition) is 4. The molecule has 1 amide bonds. The molecule has 0 saturated carbocycles. The van der Waals surface area contributed by atoms with Crippen molar-refractivity contribution in [3.05, 3.63) is 58.9 Å². The van der Waals surface area contributed by atoms with Gasteiger partial charge in [0, 0.05) is 36.5 Å². The third-order valence-electron chi connectivity index (χ3n) is 4.33. The molecule has 1 saturated heterocycles. The molecule has 1 fully saturated rings. The van der Waals surface area contributed by atoms with Crippen LogP contribution in [0.25, 0.3) is 0 Å². The first-order valence-electron chi connectivity index (χ1n) is 8.63.